The van der Waals surface area contributed by atoms with Crippen LogP contribution in [0.1, 0.15) is 18.5 Å². The maximum absolute atomic E-state index is 12.5. The molecule has 1 N–H and O–H groups in total. The first-order chi connectivity index (χ1) is 11.4. The molecule has 1 atom stereocenters. The number of hydrogen-bond donors (Lipinski definition) is 1. The van der Waals surface area contributed by atoms with E-state index in [1.54, 1.807) is 69.3 Å². The van der Waals surface area contributed by atoms with E-state index in [1.807, 2.05) is 12.3 Å². The zero-order valence-electron chi connectivity index (χ0n) is 14.1. The summed E-state index contributed by atoms with van der Waals surface area (Å²) in [6, 6.07) is 11.7. The van der Waals surface area contributed by atoms with Gasteiger partial charge in [0.2, 0.25) is 10.0 Å². The summed E-state index contributed by atoms with van der Waals surface area (Å²) in [5, 5.41) is 0. The van der Waals surface area contributed by atoms with Gasteiger partial charge in [0.05, 0.1) is 19.1 Å². The Bertz CT molecular complexity index is 789. The molecule has 7 heteroatoms. The summed E-state index contributed by atoms with van der Waals surface area (Å²) in [5.41, 5.74) is 0.789. The number of hydrogen-bond acceptors (Lipinski definition) is 5. The molecule has 0 aromatic heterocycles. The second kappa shape index (κ2) is 7.92. The molecule has 0 heterocycles. The normalized spacial score (nSPS) is 12.7. The molecule has 0 spiro atoms. The molecular weight excluding hydrogens is 346 g/mol. The lowest BCUT2D eigenvalue weighted by Crippen LogP contribution is -2.26. The Hall–Kier alpha value is -1.70. The molecular formula is C17H21NO4S2. The van der Waals surface area contributed by atoms with Crippen molar-refractivity contribution in [1.29, 1.82) is 0 Å². The molecule has 130 valence electrons. The van der Waals surface area contributed by atoms with Crippen molar-refractivity contribution in [2.24, 2.45) is 0 Å². The van der Waals surface area contributed by atoms with Crippen LogP contribution in [-0.4, -0.2) is 28.9 Å². The lowest BCUT2D eigenvalue weighted by molar-refractivity contribution is 0.354. The lowest BCUT2D eigenvalue weighted by Gasteiger charge is -2.17. The number of nitrogens with one attached hydrogen (secondary N) is 1. The zero-order chi connectivity index (χ0) is 17.7. The van der Waals surface area contributed by atoms with E-state index < -0.39 is 16.1 Å². The van der Waals surface area contributed by atoms with Gasteiger partial charge in [0, 0.05) is 10.9 Å². The minimum Gasteiger partial charge on any atom is -0.493 e. The molecule has 1 unspecified atom stereocenters. The van der Waals surface area contributed by atoms with Gasteiger partial charge < -0.3 is 9.47 Å². The Balaban J connectivity index is 2.22. The van der Waals surface area contributed by atoms with Crippen LogP contribution < -0.4 is 14.2 Å². The average Bonchev–Trinajstić information content (AvgIpc) is 2.60. The lowest BCUT2D eigenvalue weighted by atomic mass is 10.1. The smallest absolute Gasteiger partial charge is 0.241 e. The van der Waals surface area contributed by atoms with Gasteiger partial charge in [0.1, 0.15) is 0 Å². The monoisotopic (exact) mass is 367 g/mol. The van der Waals surface area contributed by atoms with E-state index in [0.29, 0.717) is 11.5 Å². The minimum absolute atomic E-state index is 0.243. The van der Waals surface area contributed by atoms with Gasteiger partial charge in [0.15, 0.2) is 11.5 Å². The maximum Gasteiger partial charge on any atom is 0.241 e. The van der Waals surface area contributed by atoms with E-state index >= 15 is 0 Å². The second-order valence-electron chi connectivity index (χ2n) is 5.13. The number of rotatable bonds is 7. The van der Waals surface area contributed by atoms with Gasteiger partial charge in [-0.2, -0.15) is 0 Å². The molecule has 24 heavy (non-hydrogen) atoms. The molecule has 0 aliphatic heterocycles. The number of benzene rings is 2. The molecule has 2 rings (SSSR count). The standard InChI is InChI=1S/C17H21NO4S2/c1-12(13-5-10-16(21-2)17(11-13)22-3)18-24(19,20)15-8-6-14(23-4)7-9-15/h5-12,18H,1-4H3. The predicted molar refractivity (Wildman–Crippen MR) is 96.5 cm³/mol. The van der Waals surface area contributed by atoms with Gasteiger partial charge in [0.25, 0.3) is 0 Å². The summed E-state index contributed by atoms with van der Waals surface area (Å²) in [6.45, 7) is 1.79. The molecule has 0 amide bonds. The van der Waals surface area contributed by atoms with E-state index in [0.717, 1.165) is 10.5 Å². The van der Waals surface area contributed by atoms with Crippen LogP contribution in [0.3, 0.4) is 0 Å². The highest BCUT2D eigenvalue weighted by Gasteiger charge is 2.19. The fraction of sp³-hybridized carbons (Fsp3) is 0.294. The van der Waals surface area contributed by atoms with Crippen LogP contribution in [0.25, 0.3) is 0 Å². The molecule has 0 aliphatic rings. The van der Waals surface area contributed by atoms with E-state index in [4.69, 9.17) is 9.47 Å². The van der Waals surface area contributed by atoms with Crippen LogP contribution >= 0.6 is 11.8 Å². The van der Waals surface area contributed by atoms with Crippen molar-refractivity contribution in [3.8, 4) is 11.5 Å². The van der Waals surface area contributed by atoms with Crippen LogP contribution in [-0.2, 0) is 10.0 Å². The molecule has 0 saturated heterocycles. The fourth-order valence-electron chi connectivity index (χ4n) is 2.25. The number of thioether (sulfide) groups is 1. The van der Waals surface area contributed by atoms with Crippen molar-refractivity contribution in [3.05, 3.63) is 48.0 Å². The largest absolute Gasteiger partial charge is 0.493 e. The SMILES string of the molecule is COc1ccc(C(C)NS(=O)(=O)c2ccc(SC)cc2)cc1OC. The van der Waals surface area contributed by atoms with Crippen LogP contribution in [0.15, 0.2) is 52.3 Å². The first-order valence-corrected chi connectivity index (χ1v) is 10.0. The van der Waals surface area contributed by atoms with Crippen LogP contribution in [0.4, 0.5) is 0 Å². The number of sulfonamides is 1. The molecule has 0 bridgehead atoms. The van der Waals surface area contributed by atoms with Gasteiger partial charge in [-0.05, 0) is 55.1 Å². The van der Waals surface area contributed by atoms with Gasteiger partial charge in [-0.15, -0.1) is 11.8 Å². The van der Waals surface area contributed by atoms with E-state index in [2.05, 4.69) is 4.72 Å². The molecule has 5 nitrogen and oxygen atoms in total. The highest BCUT2D eigenvalue weighted by Crippen LogP contribution is 2.30. The van der Waals surface area contributed by atoms with Crippen LogP contribution in [0, 0.1) is 0 Å². The Morgan fingerprint density at radius 1 is 1.00 bits per heavy atom. The van der Waals surface area contributed by atoms with Crippen molar-refractivity contribution >= 4 is 21.8 Å². The second-order valence-corrected chi connectivity index (χ2v) is 7.73. The summed E-state index contributed by atoms with van der Waals surface area (Å²) in [4.78, 5) is 1.26. The van der Waals surface area contributed by atoms with Crippen molar-refractivity contribution in [2.45, 2.75) is 22.8 Å². The number of ether oxygens (including phenoxy) is 2. The molecule has 0 aliphatic carbocycles. The van der Waals surface area contributed by atoms with Gasteiger partial charge >= 0.3 is 0 Å². The molecule has 0 radical (unpaired) electrons. The molecule has 0 saturated carbocycles. The van der Waals surface area contributed by atoms with Gasteiger partial charge in [-0.3, -0.25) is 0 Å². The Morgan fingerprint density at radius 2 is 1.62 bits per heavy atom. The minimum atomic E-state index is -3.60. The summed E-state index contributed by atoms with van der Waals surface area (Å²) in [6.07, 6.45) is 1.95. The topological polar surface area (TPSA) is 64.6 Å². The van der Waals surface area contributed by atoms with E-state index in [-0.39, 0.29) is 4.90 Å². The zero-order valence-corrected chi connectivity index (χ0v) is 15.7. The third-order valence-corrected chi connectivity index (χ3v) is 5.91. The summed E-state index contributed by atoms with van der Waals surface area (Å²) in [7, 11) is -0.496. The fourth-order valence-corrected chi connectivity index (χ4v) is 3.89. The Labute approximate surface area is 147 Å². The maximum atomic E-state index is 12.5. The van der Waals surface area contributed by atoms with Crippen molar-refractivity contribution in [2.75, 3.05) is 20.5 Å². The van der Waals surface area contributed by atoms with E-state index in [9.17, 15) is 8.42 Å². The number of methoxy groups -OCH3 is 2. The van der Waals surface area contributed by atoms with Crippen molar-refractivity contribution in [1.82, 2.24) is 4.72 Å². The quantitative estimate of drug-likeness (QED) is 0.759. The van der Waals surface area contributed by atoms with Gasteiger partial charge in [-0.1, -0.05) is 6.07 Å². The van der Waals surface area contributed by atoms with E-state index in [1.165, 1.54) is 0 Å². The molecule has 0 fully saturated rings. The highest BCUT2D eigenvalue weighted by atomic mass is 32.2. The first-order valence-electron chi connectivity index (χ1n) is 7.29. The first kappa shape index (κ1) is 18.6. The highest BCUT2D eigenvalue weighted by molar-refractivity contribution is 7.98. The Morgan fingerprint density at radius 3 is 2.17 bits per heavy atom. The van der Waals surface area contributed by atoms with Crippen LogP contribution in [0.5, 0.6) is 11.5 Å². The summed E-state index contributed by atoms with van der Waals surface area (Å²) < 4.78 is 38.2. The Kier molecular flexibility index (Phi) is 6.15. The summed E-state index contributed by atoms with van der Waals surface area (Å²) in [5.74, 6) is 1.16. The third-order valence-electron chi connectivity index (χ3n) is 3.61. The van der Waals surface area contributed by atoms with Crippen molar-refractivity contribution < 1.29 is 17.9 Å². The molecule has 2 aromatic carbocycles. The third kappa shape index (κ3) is 4.23. The average molecular weight is 367 g/mol. The molecule has 2 aromatic rings. The van der Waals surface area contributed by atoms with Crippen molar-refractivity contribution in [3.63, 3.8) is 0 Å². The van der Waals surface area contributed by atoms with Gasteiger partial charge in [-0.25, -0.2) is 13.1 Å². The predicted octanol–water partition coefficient (Wildman–Crippen LogP) is 3.47. The summed E-state index contributed by atoms with van der Waals surface area (Å²) >= 11 is 1.57. The van der Waals surface area contributed by atoms with Crippen LogP contribution in [0.2, 0.25) is 0 Å².